The standard InChI is InChI=1S/C12H22N2O2/c1-11(2,3)16-10(15)9-12(5-7-14-9)4-6-13-8-12/h9,13-14H,4-8H2,1-3H3. The second kappa shape index (κ2) is 4.00. The van der Waals surface area contributed by atoms with E-state index in [2.05, 4.69) is 10.6 Å². The van der Waals surface area contributed by atoms with Crippen LogP contribution in [0.5, 0.6) is 0 Å². The maximum atomic E-state index is 12.1. The normalized spacial score (nSPS) is 34.6. The molecule has 0 amide bonds. The number of nitrogens with one attached hydrogen (secondary N) is 2. The van der Waals surface area contributed by atoms with E-state index in [4.69, 9.17) is 4.74 Å². The van der Waals surface area contributed by atoms with Crippen molar-refractivity contribution in [2.75, 3.05) is 19.6 Å². The summed E-state index contributed by atoms with van der Waals surface area (Å²) in [7, 11) is 0. The smallest absolute Gasteiger partial charge is 0.324 e. The van der Waals surface area contributed by atoms with Crippen LogP contribution in [0.3, 0.4) is 0 Å². The number of carbonyl (C=O) groups is 1. The lowest BCUT2D eigenvalue weighted by Crippen LogP contribution is -2.47. The van der Waals surface area contributed by atoms with Crippen molar-refractivity contribution < 1.29 is 9.53 Å². The van der Waals surface area contributed by atoms with E-state index in [9.17, 15) is 4.79 Å². The lowest BCUT2D eigenvalue weighted by molar-refractivity contribution is -0.159. The molecule has 2 rings (SSSR count). The fraction of sp³-hybridized carbons (Fsp3) is 0.917. The number of ether oxygens (including phenoxy) is 1. The summed E-state index contributed by atoms with van der Waals surface area (Å²) in [5, 5.41) is 6.65. The molecule has 2 unspecified atom stereocenters. The van der Waals surface area contributed by atoms with Gasteiger partial charge in [-0.1, -0.05) is 0 Å². The monoisotopic (exact) mass is 226 g/mol. The van der Waals surface area contributed by atoms with Gasteiger partial charge >= 0.3 is 5.97 Å². The zero-order chi connectivity index (χ0) is 11.8. The van der Waals surface area contributed by atoms with E-state index in [0.29, 0.717) is 0 Å². The quantitative estimate of drug-likeness (QED) is 0.645. The van der Waals surface area contributed by atoms with Crippen molar-refractivity contribution in [2.24, 2.45) is 5.41 Å². The Labute approximate surface area is 97.1 Å². The molecule has 0 aromatic rings. The third-order valence-corrected chi connectivity index (χ3v) is 3.50. The largest absolute Gasteiger partial charge is 0.459 e. The maximum Gasteiger partial charge on any atom is 0.324 e. The summed E-state index contributed by atoms with van der Waals surface area (Å²) < 4.78 is 5.48. The number of rotatable bonds is 1. The Morgan fingerprint density at radius 2 is 2.00 bits per heavy atom. The SMILES string of the molecule is CC(C)(C)OC(=O)C1NCCC12CCNC2. The van der Waals surface area contributed by atoms with E-state index in [1.807, 2.05) is 20.8 Å². The minimum Gasteiger partial charge on any atom is -0.459 e. The highest BCUT2D eigenvalue weighted by atomic mass is 16.6. The number of esters is 1. The molecule has 92 valence electrons. The highest BCUT2D eigenvalue weighted by Gasteiger charge is 2.49. The Bertz CT molecular complexity index is 272. The van der Waals surface area contributed by atoms with Crippen molar-refractivity contribution in [3.8, 4) is 0 Å². The highest BCUT2D eigenvalue weighted by Crippen LogP contribution is 2.38. The first-order valence-electron chi connectivity index (χ1n) is 6.10. The molecule has 2 aliphatic heterocycles. The van der Waals surface area contributed by atoms with Gasteiger partial charge in [-0.25, -0.2) is 0 Å². The van der Waals surface area contributed by atoms with Gasteiger partial charge in [-0.2, -0.15) is 0 Å². The van der Waals surface area contributed by atoms with Crippen LogP contribution in [0.4, 0.5) is 0 Å². The molecule has 2 aliphatic rings. The lowest BCUT2D eigenvalue weighted by atomic mass is 9.79. The third kappa shape index (κ3) is 2.23. The zero-order valence-corrected chi connectivity index (χ0v) is 10.4. The molecular weight excluding hydrogens is 204 g/mol. The first kappa shape index (κ1) is 11.9. The molecule has 0 saturated carbocycles. The lowest BCUT2D eigenvalue weighted by Gasteiger charge is -2.30. The Morgan fingerprint density at radius 1 is 1.31 bits per heavy atom. The molecule has 2 N–H and O–H groups in total. The molecule has 0 aliphatic carbocycles. The number of hydrogen-bond acceptors (Lipinski definition) is 4. The van der Waals surface area contributed by atoms with Crippen LogP contribution in [0.15, 0.2) is 0 Å². The van der Waals surface area contributed by atoms with Crippen molar-refractivity contribution in [3.63, 3.8) is 0 Å². The van der Waals surface area contributed by atoms with Gasteiger partial charge in [0.15, 0.2) is 0 Å². The van der Waals surface area contributed by atoms with Gasteiger partial charge in [0.2, 0.25) is 0 Å². The van der Waals surface area contributed by atoms with Crippen molar-refractivity contribution in [3.05, 3.63) is 0 Å². The highest BCUT2D eigenvalue weighted by molar-refractivity contribution is 5.78. The van der Waals surface area contributed by atoms with Gasteiger partial charge in [0.1, 0.15) is 11.6 Å². The van der Waals surface area contributed by atoms with E-state index in [0.717, 1.165) is 32.5 Å². The molecule has 4 nitrogen and oxygen atoms in total. The zero-order valence-electron chi connectivity index (χ0n) is 10.4. The average molecular weight is 226 g/mol. The Morgan fingerprint density at radius 3 is 2.56 bits per heavy atom. The van der Waals surface area contributed by atoms with Gasteiger partial charge in [-0.15, -0.1) is 0 Å². The van der Waals surface area contributed by atoms with Crippen LogP contribution in [-0.2, 0) is 9.53 Å². The van der Waals surface area contributed by atoms with Gasteiger partial charge in [-0.3, -0.25) is 4.79 Å². The van der Waals surface area contributed by atoms with Crippen molar-refractivity contribution in [1.29, 1.82) is 0 Å². The molecular formula is C12H22N2O2. The molecule has 0 aromatic heterocycles. The Kier molecular flexibility index (Phi) is 2.97. The summed E-state index contributed by atoms with van der Waals surface area (Å²) in [5.41, 5.74) is -0.295. The maximum absolute atomic E-state index is 12.1. The summed E-state index contributed by atoms with van der Waals surface area (Å²) in [5.74, 6) is -0.0892. The fourth-order valence-corrected chi connectivity index (χ4v) is 2.74. The fourth-order valence-electron chi connectivity index (χ4n) is 2.74. The minimum absolute atomic E-state index is 0.0892. The van der Waals surface area contributed by atoms with Crippen LogP contribution in [0.25, 0.3) is 0 Å². The molecule has 2 saturated heterocycles. The van der Waals surface area contributed by atoms with E-state index in [1.165, 1.54) is 0 Å². The molecule has 2 heterocycles. The molecule has 0 bridgehead atoms. The van der Waals surface area contributed by atoms with Crippen LogP contribution in [0, 0.1) is 5.41 Å². The molecule has 4 heteroatoms. The third-order valence-electron chi connectivity index (χ3n) is 3.50. The topological polar surface area (TPSA) is 50.4 Å². The van der Waals surface area contributed by atoms with Crippen molar-refractivity contribution in [1.82, 2.24) is 10.6 Å². The predicted octanol–water partition coefficient (Wildman–Crippen LogP) is 0.670. The summed E-state index contributed by atoms with van der Waals surface area (Å²) in [6, 6.07) is -0.123. The molecule has 16 heavy (non-hydrogen) atoms. The van der Waals surface area contributed by atoms with Crippen LogP contribution in [-0.4, -0.2) is 37.2 Å². The van der Waals surface area contributed by atoms with Crippen LogP contribution in [0.2, 0.25) is 0 Å². The summed E-state index contributed by atoms with van der Waals surface area (Å²) in [6.07, 6.45) is 2.15. The van der Waals surface area contributed by atoms with Crippen molar-refractivity contribution in [2.45, 2.75) is 45.3 Å². The second-order valence-electron chi connectivity index (χ2n) is 5.96. The van der Waals surface area contributed by atoms with Gasteiger partial charge in [0, 0.05) is 12.0 Å². The van der Waals surface area contributed by atoms with Gasteiger partial charge in [0.05, 0.1) is 0 Å². The summed E-state index contributed by atoms with van der Waals surface area (Å²) in [6.45, 7) is 8.62. The minimum atomic E-state index is -0.394. The Balaban J connectivity index is 2.05. The average Bonchev–Trinajstić information content (AvgIpc) is 2.74. The number of hydrogen-bond donors (Lipinski definition) is 2. The van der Waals surface area contributed by atoms with Gasteiger partial charge in [-0.05, 0) is 46.7 Å². The molecule has 2 fully saturated rings. The first-order chi connectivity index (χ1) is 7.43. The van der Waals surface area contributed by atoms with E-state index in [1.54, 1.807) is 0 Å². The van der Waals surface area contributed by atoms with Crippen LogP contribution >= 0.6 is 0 Å². The van der Waals surface area contributed by atoms with Crippen LogP contribution < -0.4 is 10.6 Å². The van der Waals surface area contributed by atoms with E-state index < -0.39 is 5.60 Å². The summed E-state index contributed by atoms with van der Waals surface area (Å²) in [4.78, 5) is 12.1. The van der Waals surface area contributed by atoms with E-state index in [-0.39, 0.29) is 17.4 Å². The second-order valence-corrected chi connectivity index (χ2v) is 5.96. The number of carbonyl (C=O) groups excluding carboxylic acids is 1. The molecule has 0 radical (unpaired) electrons. The Hall–Kier alpha value is -0.610. The molecule has 0 aromatic carbocycles. The van der Waals surface area contributed by atoms with E-state index >= 15 is 0 Å². The first-order valence-corrected chi connectivity index (χ1v) is 6.10. The van der Waals surface area contributed by atoms with Crippen LogP contribution in [0.1, 0.15) is 33.6 Å². The predicted molar refractivity (Wildman–Crippen MR) is 62.2 cm³/mol. The summed E-state index contributed by atoms with van der Waals surface area (Å²) >= 11 is 0. The molecule has 2 atom stereocenters. The van der Waals surface area contributed by atoms with Crippen molar-refractivity contribution >= 4 is 5.97 Å². The van der Waals surface area contributed by atoms with Gasteiger partial charge in [0.25, 0.3) is 0 Å². The molecule has 1 spiro atoms. The van der Waals surface area contributed by atoms with Gasteiger partial charge < -0.3 is 15.4 Å².